The number of likely N-dealkylation sites (N-methyl/N-ethyl adjacent to an activating group) is 1. The van der Waals surface area contributed by atoms with Gasteiger partial charge in [-0.15, -0.1) is 0 Å². The van der Waals surface area contributed by atoms with Crippen molar-refractivity contribution >= 4 is 5.91 Å². The molecule has 110 valence electrons. The van der Waals surface area contributed by atoms with Crippen molar-refractivity contribution in [3.8, 4) is 0 Å². The Hall–Kier alpha value is -1.35. The Kier molecular flexibility index (Phi) is 4.19. The van der Waals surface area contributed by atoms with E-state index in [1.54, 1.807) is 18.7 Å². The van der Waals surface area contributed by atoms with E-state index in [2.05, 4.69) is 19.1 Å². The maximum Gasteiger partial charge on any atom is 0.226 e. The zero-order valence-corrected chi connectivity index (χ0v) is 12.9. The van der Waals surface area contributed by atoms with Gasteiger partial charge in [-0.3, -0.25) is 4.79 Å². The van der Waals surface area contributed by atoms with Gasteiger partial charge in [0.15, 0.2) is 0 Å². The van der Waals surface area contributed by atoms with Crippen LogP contribution in [0.25, 0.3) is 0 Å². The number of hydrogen-bond donors (Lipinski definition) is 1. The van der Waals surface area contributed by atoms with E-state index in [4.69, 9.17) is 0 Å². The summed E-state index contributed by atoms with van der Waals surface area (Å²) in [6, 6.07) is 8.30. The third kappa shape index (κ3) is 3.40. The van der Waals surface area contributed by atoms with Gasteiger partial charge in [0.25, 0.3) is 0 Å². The first kappa shape index (κ1) is 15.0. The number of aliphatic hydroxyl groups is 1. The van der Waals surface area contributed by atoms with Crippen LogP contribution >= 0.6 is 0 Å². The lowest BCUT2D eigenvalue weighted by molar-refractivity contribution is -0.135. The molecular weight excluding hydrogens is 250 g/mol. The van der Waals surface area contributed by atoms with E-state index in [0.717, 1.165) is 6.42 Å². The summed E-state index contributed by atoms with van der Waals surface area (Å²) >= 11 is 0. The number of hydrogen-bond acceptors (Lipinski definition) is 2. The van der Waals surface area contributed by atoms with E-state index < -0.39 is 5.60 Å². The summed E-state index contributed by atoms with van der Waals surface area (Å²) in [6.07, 6.45) is 0.937. The van der Waals surface area contributed by atoms with Gasteiger partial charge in [-0.1, -0.05) is 24.3 Å². The van der Waals surface area contributed by atoms with Gasteiger partial charge in [0.05, 0.1) is 5.60 Å². The zero-order chi connectivity index (χ0) is 14.9. The van der Waals surface area contributed by atoms with Crippen molar-refractivity contribution in [2.45, 2.75) is 45.6 Å². The molecule has 1 aliphatic carbocycles. The van der Waals surface area contributed by atoms with Crippen LogP contribution in [0.2, 0.25) is 0 Å². The summed E-state index contributed by atoms with van der Waals surface area (Å²) in [5, 5.41) is 9.90. The molecule has 1 aromatic rings. The second kappa shape index (κ2) is 5.57. The van der Waals surface area contributed by atoms with Crippen LogP contribution in [0.5, 0.6) is 0 Å². The van der Waals surface area contributed by atoms with E-state index in [1.165, 1.54) is 11.1 Å². The number of nitrogens with zero attached hydrogens (tertiary/aromatic N) is 1. The van der Waals surface area contributed by atoms with Crippen molar-refractivity contribution in [2.24, 2.45) is 5.92 Å². The van der Waals surface area contributed by atoms with E-state index in [9.17, 15) is 9.90 Å². The molecule has 0 aliphatic heterocycles. The molecule has 1 saturated carbocycles. The summed E-state index contributed by atoms with van der Waals surface area (Å²) in [4.78, 5) is 14.3. The van der Waals surface area contributed by atoms with Gasteiger partial charge in [-0.2, -0.15) is 0 Å². The van der Waals surface area contributed by atoms with Gasteiger partial charge < -0.3 is 10.0 Å². The lowest BCUT2D eigenvalue weighted by atomic mass is 10.0. The number of carbonyl (C=O) groups is 1. The number of carbonyl (C=O) groups excluding carboxylic acids is 1. The molecule has 0 aromatic heterocycles. The minimum atomic E-state index is -0.835. The van der Waals surface area contributed by atoms with Crippen LogP contribution in [0.4, 0.5) is 0 Å². The Balaban J connectivity index is 2.04. The summed E-state index contributed by atoms with van der Waals surface area (Å²) < 4.78 is 0. The Morgan fingerprint density at radius 1 is 1.40 bits per heavy atom. The molecule has 0 radical (unpaired) electrons. The fraction of sp³-hybridized carbons (Fsp3) is 0.588. The Bertz CT molecular complexity index is 490. The monoisotopic (exact) mass is 275 g/mol. The average Bonchev–Trinajstić information content (AvgIpc) is 3.14. The van der Waals surface area contributed by atoms with Crippen LogP contribution < -0.4 is 0 Å². The van der Waals surface area contributed by atoms with Crippen LogP contribution in [-0.4, -0.2) is 34.6 Å². The lowest BCUT2D eigenvalue weighted by Gasteiger charge is -2.28. The van der Waals surface area contributed by atoms with E-state index >= 15 is 0 Å². The molecule has 3 heteroatoms. The van der Waals surface area contributed by atoms with Crippen molar-refractivity contribution in [3.63, 3.8) is 0 Å². The van der Waals surface area contributed by atoms with Gasteiger partial charge in [0.2, 0.25) is 5.91 Å². The van der Waals surface area contributed by atoms with Crippen molar-refractivity contribution in [3.05, 3.63) is 35.4 Å². The highest BCUT2D eigenvalue weighted by Crippen LogP contribution is 2.49. The topological polar surface area (TPSA) is 40.5 Å². The quantitative estimate of drug-likeness (QED) is 0.897. The maximum atomic E-state index is 12.5. The predicted molar refractivity (Wildman–Crippen MR) is 80.6 cm³/mol. The highest BCUT2D eigenvalue weighted by atomic mass is 16.3. The van der Waals surface area contributed by atoms with Crippen molar-refractivity contribution < 1.29 is 9.90 Å². The smallest absolute Gasteiger partial charge is 0.226 e. The SMILES string of the molecule is CCN(CC(C)(C)O)C(=O)C1CC1c1ccccc1C. The normalized spacial score (nSPS) is 21.6. The van der Waals surface area contributed by atoms with Gasteiger partial charge in [0.1, 0.15) is 0 Å². The third-order valence-corrected chi connectivity index (χ3v) is 3.97. The van der Waals surface area contributed by atoms with Gasteiger partial charge in [-0.25, -0.2) is 0 Å². The first-order valence-corrected chi connectivity index (χ1v) is 7.40. The standard InChI is InChI=1S/C17H25NO2/c1-5-18(11-17(3,4)20)16(19)15-10-14(15)13-9-7-6-8-12(13)2/h6-9,14-15,20H,5,10-11H2,1-4H3. The third-order valence-electron chi connectivity index (χ3n) is 3.97. The second-order valence-electron chi connectivity index (χ2n) is 6.47. The Morgan fingerprint density at radius 3 is 2.60 bits per heavy atom. The first-order valence-electron chi connectivity index (χ1n) is 7.40. The minimum absolute atomic E-state index is 0.0957. The number of benzene rings is 1. The van der Waals surface area contributed by atoms with Crippen LogP contribution in [0, 0.1) is 12.8 Å². The highest BCUT2D eigenvalue weighted by molar-refractivity contribution is 5.83. The van der Waals surface area contributed by atoms with Gasteiger partial charge in [-0.05, 0) is 51.2 Å². The van der Waals surface area contributed by atoms with Crippen molar-refractivity contribution in [1.82, 2.24) is 4.90 Å². The van der Waals surface area contributed by atoms with Crippen LogP contribution in [0.3, 0.4) is 0 Å². The largest absolute Gasteiger partial charge is 0.389 e. The average molecular weight is 275 g/mol. The zero-order valence-electron chi connectivity index (χ0n) is 12.9. The van der Waals surface area contributed by atoms with Crippen LogP contribution in [0.1, 0.15) is 44.2 Å². The van der Waals surface area contributed by atoms with Crippen LogP contribution in [-0.2, 0) is 4.79 Å². The predicted octanol–water partition coefficient (Wildman–Crippen LogP) is 2.72. The molecule has 1 aliphatic rings. The van der Waals surface area contributed by atoms with E-state index in [1.807, 2.05) is 19.1 Å². The van der Waals surface area contributed by atoms with E-state index in [0.29, 0.717) is 19.0 Å². The fourth-order valence-electron chi connectivity index (χ4n) is 2.86. The molecule has 0 bridgehead atoms. The van der Waals surface area contributed by atoms with Crippen molar-refractivity contribution in [2.75, 3.05) is 13.1 Å². The molecule has 1 fully saturated rings. The molecule has 3 nitrogen and oxygen atoms in total. The van der Waals surface area contributed by atoms with Gasteiger partial charge >= 0.3 is 0 Å². The number of amides is 1. The molecule has 1 amide bonds. The molecule has 2 rings (SSSR count). The molecule has 1 N–H and O–H groups in total. The molecule has 20 heavy (non-hydrogen) atoms. The Morgan fingerprint density at radius 2 is 2.05 bits per heavy atom. The minimum Gasteiger partial charge on any atom is -0.389 e. The summed E-state index contributed by atoms with van der Waals surface area (Å²) in [6.45, 7) is 8.61. The first-order chi connectivity index (χ1) is 9.33. The van der Waals surface area contributed by atoms with Crippen molar-refractivity contribution in [1.29, 1.82) is 0 Å². The highest BCUT2D eigenvalue weighted by Gasteiger charge is 2.46. The Labute approximate surface area is 121 Å². The molecule has 2 unspecified atom stereocenters. The molecule has 0 spiro atoms. The molecule has 0 saturated heterocycles. The van der Waals surface area contributed by atoms with E-state index in [-0.39, 0.29) is 11.8 Å². The molecule has 2 atom stereocenters. The molecular formula is C17H25NO2. The summed E-state index contributed by atoms with van der Waals surface area (Å²) in [5.74, 6) is 0.640. The summed E-state index contributed by atoms with van der Waals surface area (Å²) in [5.41, 5.74) is 1.72. The number of aryl methyl sites for hydroxylation is 1. The molecule has 0 heterocycles. The summed E-state index contributed by atoms with van der Waals surface area (Å²) in [7, 11) is 0. The van der Waals surface area contributed by atoms with Crippen LogP contribution in [0.15, 0.2) is 24.3 Å². The van der Waals surface area contributed by atoms with Gasteiger partial charge in [0, 0.05) is 19.0 Å². The number of rotatable bonds is 5. The lowest BCUT2D eigenvalue weighted by Crippen LogP contribution is -2.42. The maximum absolute atomic E-state index is 12.5. The molecule has 1 aromatic carbocycles. The second-order valence-corrected chi connectivity index (χ2v) is 6.47. The fourth-order valence-corrected chi connectivity index (χ4v) is 2.86.